The lowest BCUT2D eigenvalue weighted by Gasteiger charge is -2.12. The molecule has 0 amide bonds. The molecular formula is C10H11ClO3S2. The molecule has 0 aliphatic rings. The predicted octanol–water partition coefficient (Wildman–Crippen LogP) is 2.59. The normalized spacial score (nSPS) is 11.5. The van der Waals surface area contributed by atoms with Crippen LogP contribution in [0.5, 0.6) is 0 Å². The summed E-state index contributed by atoms with van der Waals surface area (Å²) in [5.74, 6) is 0. The quantitative estimate of drug-likeness (QED) is 0.845. The Bertz CT molecular complexity index is 562. The zero-order valence-electron chi connectivity index (χ0n) is 9.04. The van der Waals surface area contributed by atoms with Crippen molar-refractivity contribution in [2.45, 2.75) is 18.7 Å². The van der Waals surface area contributed by atoms with Crippen molar-refractivity contribution in [1.29, 1.82) is 0 Å². The van der Waals surface area contributed by atoms with E-state index in [9.17, 15) is 13.5 Å². The highest BCUT2D eigenvalue weighted by Crippen LogP contribution is 2.30. The number of benzene rings is 1. The summed E-state index contributed by atoms with van der Waals surface area (Å²) in [5.41, 5.74) is 1.23. The lowest BCUT2D eigenvalue weighted by Crippen LogP contribution is -2.07. The first-order chi connectivity index (χ1) is 7.16. The van der Waals surface area contributed by atoms with E-state index >= 15 is 0 Å². The molecule has 0 bridgehead atoms. The van der Waals surface area contributed by atoms with E-state index in [1.54, 1.807) is 13.8 Å². The molecule has 0 aliphatic carbocycles. The molecule has 88 valence electrons. The van der Waals surface area contributed by atoms with E-state index in [1.807, 2.05) is 0 Å². The fourth-order valence-corrected chi connectivity index (χ4v) is 3.48. The van der Waals surface area contributed by atoms with Gasteiger partial charge < -0.3 is 5.11 Å². The molecule has 1 aromatic rings. The molecule has 0 atom stereocenters. The molecule has 0 unspecified atom stereocenters. The topological polar surface area (TPSA) is 54.4 Å². The highest BCUT2D eigenvalue weighted by atomic mass is 35.5. The Morgan fingerprint density at radius 2 is 1.94 bits per heavy atom. The first-order valence-corrected chi connectivity index (χ1v) is 7.07. The fraction of sp³-hybridized carbons (Fsp3) is 0.300. The van der Waals surface area contributed by atoms with Crippen LogP contribution in [0, 0.1) is 13.8 Å². The molecule has 0 aliphatic heterocycles. The summed E-state index contributed by atoms with van der Waals surface area (Å²) in [6.45, 7) is 3.23. The van der Waals surface area contributed by atoms with Crippen molar-refractivity contribution < 1.29 is 13.5 Å². The van der Waals surface area contributed by atoms with E-state index in [-0.39, 0.29) is 15.0 Å². The Morgan fingerprint density at radius 3 is 2.31 bits per heavy atom. The highest BCUT2D eigenvalue weighted by molar-refractivity contribution is 7.90. The van der Waals surface area contributed by atoms with Gasteiger partial charge in [0.2, 0.25) is 0 Å². The van der Waals surface area contributed by atoms with E-state index in [1.165, 1.54) is 6.07 Å². The first-order valence-electron chi connectivity index (χ1n) is 4.39. The molecule has 1 rings (SSSR count). The molecule has 0 fully saturated rings. The monoisotopic (exact) mass is 278 g/mol. The van der Waals surface area contributed by atoms with Crippen LogP contribution in [0.25, 0.3) is 0 Å². The van der Waals surface area contributed by atoms with Gasteiger partial charge in [-0.1, -0.05) is 11.6 Å². The number of rotatable bonds is 2. The zero-order valence-corrected chi connectivity index (χ0v) is 11.4. The predicted molar refractivity (Wildman–Crippen MR) is 68.4 cm³/mol. The Balaban J connectivity index is 3.73. The number of aryl methyl sites for hydroxylation is 1. The van der Waals surface area contributed by atoms with Crippen molar-refractivity contribution in [2.75, 3.05) is 6.26 Å². The van der Waals surface area contributed by atoms with Crippen LogP contribution in [-0.4, -0.2) is 24.8 Å². The number of halogens is 1. The second kappa shape index (κ2) is 4.31. The first kappa shape index (κ1) is 13.4. The summed E-state index contributed by atoms with van der Waals surface area (Å²) >= 11 is 10.6. The Labute approximate surface area is 105 Å². The molecule has 0 radical (unpaired) electrons. The van der Waals surface area contributed by atoms with Gasteiger partial charge in [0.05, 0.1) is 9.92 Å². The van der Waals surface area contributed by atoms with Crippen molar-refractivity contribution in [3.63, 3.8) is 0 Å². The van der Waals surface area contributed by atoms with Crippen LogP contribution in [0.3, 0.4) is 0 Å². The maximum atomic E-state index is 11.6. The van der Waals surface area contributed by atoms with Gasteiger partial charge in [0.1, 0.15) is 0 Å². The molecule has 0 spiro atoms. The lowest BCUT2D eigenvalue weighted by molar-refractivity contribution is 0.570. The zero-order chi connectivity index (χ0) is 12.7. The molecule has 0 saturated heterocycles. The Kier molecular flexibility index (Phi) is 3.62. The summed E-state index contributed by atoms with van der Waals surface area (Å²) in [7, 11) is -3.34. The highest BCUT2D eigenvalue weighted by Gasteiger charge is 2.20. The minimum Gasteiger partial charge on any atom is -0.498 e. The summed E-state index contributed by atoms with van der Waals surface area (Å²) in [5, 5.41) is 9.09. The van der Waals surface area contributed by atoms with Gasteiger partial charge in [0, 0.05) is 11.8 Å². The van der Waals surface area contributed by atoms with Gasteiger partial charge in [-0.2, -0.15) is 0 Å². The van der Waals surface area contributed by atoms with Crippen molar-refractivity contribution >= 4 is 38.7 Å². The molecule has 3 nitrogen and oxygen atoms in total. The van der Waals surface area contributed by atoms with Crippen LogP contribution >= 0.6 is 23.8 Å². The minimum atomic E-state index is -3.34. The molecule has 1 aromatic carbocycles. The summed E-state index contributed by atoms with van der Waals surface area (Å²) in [4.78, 5) is 0.192. The van der Waals surface area contributed by atoms with Crippen LogP contribution in [0.1, 0.15) is 16.7 Å². The van der Waals surface area contributed by atoms with Crippen molar-refractivity contribution in [2.24, 2.45) is 0 Å². The average Bonchev–Trinajstić information content (AvgIpc) is 2.08. The number of aliphatic hydroxyl groups is 1. The van der Waals surface area contributed by atoms with E-state index in [0.29, 0.717) is 16.7 Å². The molecule has 0 saturated carbocycles. The van der Waals surface area contributed by atoms with Gasteiger partial charge in [-0.25, -0.2) is 8.42 Å². The minimum absolute atomic E-state index is 0.179. The number of thiocarbonyl (C=S) groups is 1. The maximum Gasteiger partial charge on any atom is 0.190 e. The Hall–Kier alpha value is -0.650. The van der Waals surface area contributed by atoms with Gasteiger partial charge in [-0.3, -0.25) is 0 Å². The van der Waals surface area contributed by atoms with Crippen LogP contribution < -0.4 is 0 Å². The SMILES string of the molecule is Cc1cc(C(O)=S)c(Cl)c(C)c1S(C)(=O)=O. The molecule has 0 aromatic heterocycles. The second-order valence-corrected chi connectivity index (χ2v) is 6.30. The van der Waals surface area contributed by atoms with Crippen LogP contribution in [0.2, 0.25) is 5.02 Å². The van der Waals surface area contributed by atoms with E-state index in [4.69, 9.17) is 11.6 Å². The van der Waals surface area contributed by atoms with E-state index < -0.39 is 9.84 Å². The van der Waals surface area contributed by atoms with Gasteiger partial charge in [-0.15, -0.1) is 0 Å². The van der Waals surface area contributed by atoms with Crippen LogP contribution in [0.4, 0.5) is 0 Å². The third-order valence-corrected chi connectivity index (χ3v) is 4.30. The van der Waals surface area contributed by atoms with Crippen molar-refractivity contribution in [3.05, 3.63) is 27.8 Å². The smallest absolute Gasteiger partial charge is 0.190 e. The third-order valence-electron chi connectivity index (χ3n) is 2.23. The molecular weight excluding hydrogens is 268 g/mol. The molecule has 0 heterocycles. The Morgan fingerprint density at radius 1 is 1.44 bits per heavy atom. The summed E-state index contributed by atoms with van der Waals surface area (Å²) < 4.78 is 23.1. The van der Waals surface area contributed by atoms with Gasteiger partial charge in [-0.05, 0) is 43.3 Å². The molecule has 6 heteroatoms. The van der Waals surface area contributed by atoms with Crippen LogP contribution in [-0.2, 0) is 9.84 Å². The molecule has 1 N–H and O–H groups in total. The third kappa shape index (κ3) is 2.36. The summed E-state index contributed by atoms with van der Waals surface area (Å²) in [6, 6.07) is 1.48. The van der Waals surface area contributed by atoms with Gasteiger partial charge in [0.15, 0.2) is 14.9 Å². The summed E-state index contributed by atoms with van der Waals surface area (Å²) in [6.07, 6.45) is 1.12. The van der Waals surface area contributed by atoms with Gasteiger partial charge in [0.25, 0.3) is 0 Å². The average molecular weight is 279 g/mol. The second-order valence-electron chi connectivity index (χ2n) is 3.59. The van der Waals surface area contributed by atoms with Crippen molar-refractivity contribution in [3.8, 4) is 0 Å². The standard InChI is InChI=1S/C10H11ClO3S2/c1-5-4-7(10(12)15)8(11)6(2)9(5)16(3,13)14/h4H,1-3H3,(H,12,15). The number of sulfone groups is 1. The lowest BCUT2D eigenvalue weighted by atomic mass is 10.1. The number of hydrogen-bond donors (Lipinski definition) is 1. The fourth-order valence-electron chi connectivity index (χ4n) is 1.67. The van der Waals surface area contributed by atoms with E-state index in [0.717, 1.165) is 6.26 Å². The van der Waals surface area contributed by atoms with E-state index in [2.05, 4.69) is 12.2 Å². The van der Waals surface area contributed by atoms with Crippen LogP contribution in [0.15, 0.2) is 11.0 Å². The largest absolute Gasteiger partial charge is 0.498 e. The molecule has 16 heavy (non-hydrogen) atoms. The van der Waals surface area contributed by atoms with Crippen molar-refractivity contribution in [1.82, 2.24) is 0 Å². The number of hydrogen-bond acceptors (Lipinski definition) is 3. The number of aliphatic hydroxyl groups excluding tert-OH is 1. The van der Waals surface area contributed by atoms with Gasteiger partial charge >= 0.3 is 0 Å². The maximum absolute atomic E-state index is 11.6.